The van der Waals surface area contributed by atoms with Gasteiger partial charge in [0.2, 0.25) is 0 Å². The summed E-state index contributed by atoms with van der Waals surface area (Å²) in [6.45, 7) is 5.50. The van der Waals surface area contributed by atoms with Gasteiger partial charge in [-0.25, -0.2) is 0 Å². The van der Waals surface area contributed by atoms with E-state index < -0.39 is 0 Å². The maximum absolute atomic E-state index is 3.49. The van der Waals surface area contributed by atoms with E-state index in [1.807, 2.05) is 0 Å². The zero-order valence-corrected chi connectivity index (χ0v) is 5.11. The molecule has 1 fully saturated rings. The molecule has 0 aliphatic heterocycles. The van der Waals surface area contributed by atoms with E-state index in [4.69, 9.17) is 0 Å². The molecule has 1 saturated carbocycles. The number of nitrogens with one attached hydrogen (secondary N) is 1. The molecule has 45 valence electrons. The summed E-state index contributed by atoms with van der Waals surface area (Å²) in [5, 5.41) is 3.22. The van der Waals surface area contributed by atoms with Crippen LogP contribution in [0.25, 0.3) is 0 Å². The second-order valence-electron chi connectivity index (χ2n) is 2.32. The molecule has 0 aromatic heterocycles. The van der Waals surface area contributed by atoms with Crippen LogP contribution in [-0.4, -0.2) is 13.1 Å². The summed E-state index contributed by atoms with van der Waals surface area (Å²) in [4.78, 5) is 0. The van der Waals surface area contributed by atoms with Gasteiger partial charge in [0.15, 0.2) is 0 Å². The van der Waals surface area contributed by atoms with E-state index in [2.05, 4.69) is 18.0 Å². The molecule has 0 unspecified atom stereocenters. The third-order valence-electron chi connectivity index (χ3n) is 1.38. The highest BCUT2D eigenvalue weighted by Gasteiger charge is 2.19. The zero-order valence-electron chi connectivity index (χ0n) is 5.11. The van der Waals surface area contributed by atoms with Crippen molar-refractivity contribution in [3.8, 4) is 0 Å². The highest BCUT2D eigenvalue weighted by Crippen LogP contribution is 2.27. The van der Waals surface area contributed by atoms with Crippen LogP contribution in [0.2, 0.25) is 0 Å². The van der Waals surface area contributed by atoms with Crippen molar-refractivity contribution in [2.45, 2.75) is 12.8 Å². The minimum atomic E-state index is 0.844. The molecule has 0 saturated heterocycles. The predicted molar refractivity (Wildman–Crippen MR) is 34.5 cm³/mol. The lowest BCUT2D eigenvalue weighted by Gasteiger charge is -1.94. The lowest BCUT2D eigenvalue weighted by atomic mass is 10.4. The van der Waals surface area contributed by atoms with E-state index in [9.17, 15) is 0 Å². The molecule has 1 N–H and O–H groups in total. The van der Waals surface area contributed by atoms with Gasteiger partial charge in [-0.05, 0) is 31.4 Å². The van der Waals surface area contributed by atoms with Crippen molar-refractivity contribution in [3.05, 3.63) is 12.7 Å². The smallest absolute Gasteiger partial charge is 0.0202 e. The molecule has 0 aromatic rings. The second kappa shape index (κ2) is 2.88. The van der Waals surface area contributed by atoms with Gasteiger partial charge in [-0.2, -0.15) is 0 Å². The average Bonchev–Trinajstić information content (AvgIpc) is 2.51. The summed E-state index contributed by atoms with van der Waals surface area (Å²) in [7, 11) is 0. The van der Waals surface area contributed by atoms with Crippen molar-refractivity contribution >= 4 is 0 Å². The second-order valence-corrected chi connectivity index (χ2v) is 2.32. The fourth-order valence-electron chi connectivity index (χ4n) is 0.687. The molecule has 0 aromatic carbocycles. The monoisotopic (exact) mass is 110 g/mol. The first kappa shape index (κ1) is 5.83. The fraction of sp³-hybridized carbons (Fsp3) is 0.714. The maximum Gasteiger partial charge on any atom is 0.0202 e. The van der Waals surface area contributed by atoms with Crippen molar-refractivity contribution in [2.24, 2.45) is 5.92 Å². The first-order valence-corrected chi connectivity index (χ1v) is 3.14. The van der Waals surface area contributed by atoms with Crippen molar-refractivity contribution < 1.29 is 0 Å². The topological polar surface area (TPSA) is 12.0 Å². The van der Waals surface area contributed by atoms with E-state index in [1.165, 1.54) is 19.4 Å². The molecule has 1 nitrogen and oxygen atoms in total. The van der Waals surface area contributed by atoms with E-state index in [1.54, 1.807) is 0 Å². The Morgan fingerprint density at radius 3 is 2.88 bits per heavy atom. The van der Waals surface area contributed by atoms with Crippen LogP contribution in [0, 0.1) is 12.0 Å². The summed E-state index contributed by atoms with van der Waals surface area (Å²) in [5.74, 6) is 0.975. The van der Waals surface area contributed by atoms with Gasteiger partial charge in [0.25, 0.3) is 0 Å². The molecule has 0 spiro atoms. The molecule has 1 aliphatic rings. The minimum Gasteiger partial charge on any atom is -0.312 e. The van der Waals surface area contributed by atoms with Gasteiger partial charge in [-0.3, -0.25) is 0 Å². The van der Waals surface area contributed by atoms with Crippen LogP contribution in [0.1, 0.15) is 12.8 Å². The highest BCUT2D eigenvalue weighted by molar-refractivity contribution is 4.75. The Morgan fingerprint density at radius 2 is 2.38 bits per heavy atom. The van der Waals surface area contributed by atoms with E-state index in [-0.39, 0.29) is 0 Å². The lowest BCUT2D eigenvalue weighted by molar-refractivity contribution is 0.678. The van der Waals surface area contributed by atoms with E-state index >= 15 is 0 Å². The van der Waals surface area contributed by atoms with Crippen molar-refractivity contribution in [3.63, 3.8) is 0 Å². The quantitative estimate of drug-likeness (QED) is 0.532. The summed E-state index contributed by atoms with van der Waals surface area (Å²) in [6.07, 6.45) is 5.63. The van der Waals surface area contributed by atoms with Crippen LogP contribution in [-0.2, 0) is 0 Å². The third-order valence-corrected chi connectivity index (χ3v) is 1.38. The molecule has 0 heterocycles. The first-order chi connectivity index (χ1) is 3.93. The van der Waals surface area contributed by atoms with Gasteiger partial charge in [0.05, 0.1) is 0 Å². The van der Waals surface area contributed by atoms with Crippen LogP contribution < -0.4 is 5.32 Å². The van der Waals surface area contributed by atoms with Crippen molar-refractivity contribution in [2.75, 3.05) is 13.1 Å². The number of hydrogen-bond acceptors (Lipinski definition) is 1. The van der Waals surface area contributed by atoms with Gasteiger partial charge < -0.3 is 5.32 Å². The third kappa shape index (κ3) is 2.12. The standard InChI is InChI=1S/C7H12N/c1-2-5-8-6-7-3-4-7/h7-8H,1,3-6H2. The number of rotatable bonds is 4. The Balaban J connectivity index is 1.80. The molecule has 0 bridgehead atoms. The molecular weight excluding hydrogens is 98.1 g/mol. The Hall–Kier alpha value is -0.300. The van der Waals surface area contributed by atoms with Gasteiger partial charge in [0.1, 0.15) is 0 Å². The predicted octanol–water partition coefficient (Wildman–Crippen LogP) is 0.975. The molecule has 0 atom stereocenters. The average molecular weight is 110 g/mol. The van der Waals surface area contributed by atoms with Crippen LogP contribution in [0.4, 0.5) is 0 Å². The highest BCUT2D eigenvalue weighted by atomic mass is 14.9. The first-order valence-electron chi connectivity index (χ1n) is 3.14. The Bertz CT molecular complexity index is 74.5. The van der Waals surface area contributed by atoms with Gasteiger partial charge >= 0.3 is 0 Å². The maximum atomic E-state index is 3.49. The van der Waals surface area contributed by atoms with Crippen LogP contribution in [0.3, 0.4) is 0 Å². The fourth-order valence-corrected chi connectivity index (χ4v) is 0.687. The summed E-state index contributed by atoms with van der Waals surface area (Å²) < 4.78 is 0. The van der Waals surface area contributed by atoms with Crippen molar-refractivity contribution in [1.29, 1.82) is 0 Å². The molecule has 0 amide bonds. The Kier molecular flexibility index (Phi) is 2.10. The normalized spacial score (nSPS) is 18.5. The zero-order chi connectivity index (χ0) is 5.82. The molecule has 1 heteroatoms. The Labute approximate surface area is 50.8 Å². The molecule has 1 aliphatic carbocycles. The summed E-state index contributed by atoms with van der Waals surface area (Å²) in [5.41, 5.74) is 0. The van der Waals surface area contributed by atoms with Gasteiger partial charge in [-0.1, -0.05) is 6.58 Å². The Morgan fingerprint density at radius 1 is 1.62 bits per heavy atom. The molecular formula is C7H12N. The van der Waals surface area contributed by atoms with Gasteiger partial charge in [0, 0.05) is 6.54 Å². The molecule has 8 heavy (non-hydrogen) atoms. The largest absolute Gasteiger partial charge is 0.312 e. The van der Waals surface area contributed by atoms with E-state index in [0.29, 0.717) is 0 Å². The molecule has 1 rings (SSSR count). The van der Waals surface area contributed by atoms with Crippen LogP contribution in [0.5, 0.6) is 0 Å². The van der Waals surface area contributed by atoms with Crippen LogP contribution in [0.15, 0.2) is 6.58 Å². The summed E-state index contributed by atoms with van der Waals surface area (Å²) >= 11 is 0. The van der Waals surface area contributed by atoms with Crippen LogP contribution >= 0.6 is 0 Å². The van der Waals surface area contributed by atoms with Crippen molar-refractivity contribution in [1.82, 2.24) is 5.32 Å². The SMILES string of the molecule is C=[C]CNCC1CC1. The lowest BCUT2D eigenvalue weighted by Crippen LogP contribution is -2.16. The minimum absolute atomic E-state index is 0.844. The summed E-state index contributed by atoms with van der Waals surface area (Å²) in [6, 6.07) is 0. The van der Waals surface area contributed by atoms with E-state index in [0.717, 1.165) is 12.5 Å². The molecule has 1 radical (unpaired) electrons. The van der Waals surface area contributed by atoms with Gasteiger partial charge in [-0.15, -0.1) is 0 Å². The number of hydrogen-bond donors (Lipinski definition) is 1.